The van der Waals surface area contributed by atoms with Gasteiger partial charge in [0.25, 0.3) is 0 Å². The van der Waals surface area contributed by atoms with E-state index >= 15 is 0 Å². The number of piperidine rings is 1. The lowest BCUT2D eigenvalue weighted by Gasteiger charge is -2.34. The topological polar surface area (TPSA) is 55.3 Å². The van der Waals surface area contributed by atoms with Gasteiger partial charge >= 0.3 is 6.09 Å². The summed E-state index contributed by atoms with van der Waals surface area (Å²) in [5, 5.41) is 8.47. The second-order valence-electron chi connectivity index (χ2n) is 8.12. The van der Waals surface area contributed by atoms with Gasteiger partial charge < -0.3 is 9.64 Å². The van der Waals surface area contributed by atoms with Crippen LogP contribution in [-0.4, -0.2) is 39.9 Å². The van der Waals surface area contributed by atoms with Crippen LogP contribution in [0.15, 0.2) is 12.1 Å². The van der Waals surface area contributed by atoms with Crippen LogP contribution in [0, 0.1) is 11.3 Å². The number of halogens is 1. The predicted octanol–water partition coefficient (Wildman–Crippen LogP) is 4.10. The second kappa shape index (κ2) is 6.51. The van der Waals surface area contributed by atoms with Crippen molar-refractivity contribution in [2.45, 2.75) is 58.5 Å². The van der Waals surface area contributed by atoms with Crippen molar-refractivity contribution in [2.75, 3.05) is 13.1 Å². The molecule has 0 aromatic carbocycles. The van der Waals surface area contributed by atoms with E-state index in [9.17, 15) is 4.79 Å². The Morgan fingerprint density at radius 1 is 1.33 bits per heavy atom. The number of aryl methyl sites for hydroxylation is 1. The van der Waals surface area contributed by atoms with Crippen LogP contribution in [-0.2, 0) is 11.2 Å². The third-order valence-corrected chi connectivity index (χ3v) is 5.41. The average Bonchev–Trinajstić information content (AvgIpc) is 3.18. The van der Waals surface area contributed by atoms with E-state index in [1.54, 1.807) is 6.07 Å². The van der Waals surface area contributed by atoms with Crippen molar-refractivity contribution in [3.8, 4) is 0 Å². The molecule has 0 bridgehead atoms. The van der Waals surface area contributed by atoms with Gasteiger partial charge in [0.2, 0.25) is 0 Å². The number of rotatable bonds is 3. The normalized spacial score (nSPS) is 22.5. The van der Waals surface area contributed by atoms with Gasteiger partial charge in [-0.15, -0.1) is 5.10 Å². The molecule has 2 fully saturated rings. The van der Waals surface area contributed by atoms with Crippen molar-refractivity contribution in [3.63, 3.8) is 0 Å². The minimum absolute atomic E-state index is 0.175. The molecule has 6 heteroatoms. The highest BCUT2D eigenvalue weighted by Gasteiger charge is 2.54. The van der Waals surface area contributed by atoms with Crippen LogP contribution < -0.4 is 0 Å². The van der Waals surface area contributed by atoms with Crippen molar-refractivity contribution < 1.29 is 9.53 Å². The van der Waals surface area contributed by atoms with Crippen LogP contribution >= 0.6 is 11.6 Å². The zero-order valence-electron chi connectivity index (χ0n) is 14.7. The molecular formula is C18H26ClN3O2. The van der Waals surface area contributed by atoms with E-state index in [1.807, 2.05) is 31.7 Å². The first-order valence-electron chi connectivity index (χ1n) is 8.73. The number of aromatic nitrogens is 2. The van der Waals surface area contributed by atoms with Gasteiger partial charge in [0.05, 0.1) is 5.69 Å². The summed E-state index contributed by atoms with van der Waals surface area (Å²) in [6.07, 6.45) is 5.36. The summed E-state index contributed by atoms with van der Waals surface area (Å²) in [5.74, 6) is 0.746. The number of likely N-dealkylation sites (tertiary alicyclic amines) is 1. The lowest BCUT2D eigenvalue weighted by Crippen LogP contribution is -2.42. The lowest BCUT2D eigenvalue weighted by molar-refractivity contribution is 0.0165. The zero-order valence-corrected chi connectivity index (χ0v) is 15.5. The van der Waals surface area contributed by atoms with Gasteiger partial charge in [0, 0.05) is 13.1 Å². The molecule has 3 rings (SSSR count). The first kappa shape index (κ1) is 17.5. The fraction of sp³-hybridized carbons (Fsp3) is 0.722. The van der Waals surface area contributed by atoms with Crippen molar-refractivity contribution in [1.82, 2.24) is 15.1 Å². The summed E-state index contributed by atoms with van der Waals surface area (Å²) < 4.78 is 5.47. The number of hydrogen-bond acceptors (Lipinski definition) is 4. The SMILES string of the molecule is CC(C)(C)OC(=O)N1CCC2(CC1)C[C@@H]2CCc1ccc(Cl)nn1. The van der Waals surface area contributed by atoms with Gasteiger partial charge in [-0.25, -0.2) is 4.79 Å². The molecule has 2 aliphatic rings. The number of carbonyl (C=O) groups is 1. The number of hydrogen-bond donors (Lipinski definition) is 0. The highest BCUT2D eigenvalue weighted by atomic mass is 35.5. The maximum Gasteiger partial charge on any atom is 0.410 e. The molecule has 1 saturated carbocycles. The maximum absolute atomic E-state index is 12.1. The molecule has 1 spiro atoms. The fourth-order valence-electron chi connectivity index (χ4n) is 3.71. The summed E-state index contributed by atoms with van der Waals surface area (Å²) >= 11 is 5.77. The average molecular weight is 352 g/mol. The van der Waals surface area contributed by atoms with Crippen molar-refractivity contribution in [3.05, 3.63) is 23.0 Å². The molecule has 1 saturated heterocycles. The molecule has 1 aromatic heterocycles. The molecule has 1 amide bonds. The Kier molecular flexibility index (Phi) is 4.73. The van der Waals surface area contributed by atoms with Gasteiger partial charge in [-0.05, 0) is 76.3 Å². The van der Waals surface area contributed by atoms with Crippen LogP contribution in [0.1, 0.15) is 52.1 Å². The standard InChI is InChI=1S/C18H26ClN3O2/c1-17(2,3)24-16(23)22-10-8-18(9-11-22)12-13(18)4-5-14-6-7-15(19)21-20-14/h6-7,13H,4-5,8-12H2,1-3H3/t13-/m0/s1. The van der Waals surface area contributed by atoms with Gasteiger partial charge in [-0.2, -0.15) is 5.10 Å². The Bertz CT molecular complexity index is 589. The quantitative estimate of drug-likeness (QED) is 0.822. The van der Waals surface area contributed by atoms with Crippen molar-refractivity contribution in [2.24, 2.45) is 11.3 Å². The molecule has 1 atom stereocenters. The molecule has 0 unspecified atom stereocenters. The third-order valence-electron chi connectivity index (χ3n) is 5.21. The monoisotopic (exact) mass is 351 g/mol. The van der Waals surface area contributed by atoms with E-state index in [1.165, 1.54) is 6.42 Å². The zero-order chi connectivity index (χ0) is 17.4. The molecule has 24 heavy (non-hydrogen) atoms. The van der Waals surface area contributed by atoms with E-state index in [0.717, 1.165) is 50.4 Å². The first-order valence-corrected chi connectivity index (χ1v) is 9.11. The summed E-state index contributed by atoms with van der Waals surface area (Å²) in [6.45, 7) is 7.35. The molecule has 1 aliphatic carbocycles. The van der Waals surface area contributed by atoms with Crippen molar-refractivity contribution >= 4 is 17.7 Å². The lowest BCUT2D eigenvalue weighted by atomic mass is 9.89. The molecule has 1 aromatic rings. The Labute approximate surface area is 148 Å². The van der Waals surface area contributed by atoms with E-state index in [-0.39, 0.29) is 6.09 Å². The molecule has 1 aliphatic heterocycles. The Hall–Kier alpha value is -1.36. The number of amides is 1. The first-order chi connectivity index (χ1) is 11.3. The molecule has 0 radical (unpaired) electrons. The summed E-state index contributed by atoms with van der Waals surface area (Å²) in [7, 11) is 0. The predicted molar refractivity (Wildman–Crippen MR) is 92.9 cm³/mol. The van der Waals surface area contributed by atoms with Gasteiger partial charge in [0.15, 0.2) is 5.15 Å². The van der Waals surface area contributed by atoms with Crippen LogP contribution in [0.5, 0.6) is 0 Å². The Balaban J connectivity index is 1.44. The summed E-state index contributed by atoms with van der Waals surface area (Å²) in [5.41, 5.74) is 1.03. The molecular weight excluding hydrogens is 326 g/mol. The van der Waals surface area contributed by atoms with Gasteiger partial charge in [0.1, 0.15) is 5.60 Å². The van der Waals surface area contributed by atoms with Crippen LogP contribution in [0.2, 0.25) is 5.15 Å². The highest BCUT2D eigenvalue weighted by molar-refractivity contribution is 6.29. The minimum atomic E-state index is -0.423. The third kappa shape index (κ3) is 4.18. The fourth-order valence-corrected chi connectivity index (χ4v) is 3.81. The molecule has 132 valence electrons. The molecule has 5 nitrogen and oxygen atoms in total. The van der Waals surface area contributed by atoms with Gasteiger partial charge in [-0.3, -0.25) is 0 Å². The van der Waals surface area contributed by atoms with E-state index in [2.05, 4.69) is 10.2 Å². The summed E-state index contributed by atoms with van der Waals surface area (Å²) in [4.78, 5) is 14.0. The largest absolute Gasteiger partial charge is 0.444 e. The number of nitrogens with zero attached hydrogens (tertiary/aromatic N) is 3. The van der Waals surface area contributed by atoms with Crippen LogP contribution in [0.25, 0.3) is 0 Å². The second-order valence-corrected chi connectivity index (χ2v) is 8.50. The number of ether oxygens (including phenoxy) is 1. The van der Waals surface area contributed by atoms with E-state index in [4.69, 9.17) is 16.3 Å². The highest BCUT2D eigenvalue weighted by Crippen LogP contribution is 2.61. The maximum atomic E-state index is 12.1. The van der Waals surface area contributed by atoms with Crippen LogP contribution in [0.4, 0.5) is 4.79 Å². The minimum Gasteiger partial charge on any atom is -0.444 e. The number of carbonyl (C=O) groups excluding carboxylic acids is 1. The Morgan fingerprint density at radius 3 is 2.62 bits per heavy atom. The van der Waals surface area contributed by atoms with Crippen LogP contribution in [0.3, 0.4) is 0 Å². The van der Waals surface area contributed by atoms with E-state index < -0.39 is 5.60 Å². The smallest absolute Gasteiger partial charge is 0.410 e. The van der Waals surface area contributed by atoms with E-state index in [0.29, 0.717) is 10.6 Å². The van der Waals surface area contributed by atoms with Gasteiger partial charge in [-0.1, -0.05) is 11.6 Å². The molecule has 2 heterocycles. The summed E-state index contributed by atoms with van der Waals surface area (Å²) in [6, 6.07) is 3.75. The van der Waals surface area contributed by atoms with Crippen molar-refractivity contribution in [1.29, 1.82) is 0 Å². The Morgan fingerprint density at radius 2 is 2.04 bits per heavy atom. The molecule has 0 N–H and O–H groups in total.